The lowest BCUT2D eigenvalue weighted by Crippen LogP contribution is -2.50. The van der Waals surface area contributed by atoms with Crippen LogP contribution in [-0.2, 0) is 16.1 Å². The summed E-state index contributed by atoms with van der Waals surface area (Å²) in [6, 6.07) is 9.84. The van der Waals surface area contributed by atoms with Crippen LogP contribution in [0.3, 0.4) is 0 Å². The molecule has 1 saturated heterocycles. The average molecular weight is 317 g/mol. The molecule has 1 saturated carbocycles. The van der Waals surface area contributed by atoms with Crippen LogP contribution in [0.2, 0.25) is 0 Å². The van der Waals surface area contributed by atoms with Gasteiger partial charge in [-0.3, -0.25) is 10.2 Å². The molecule has 124 valence electrons. The highest BCUT2D eigenvalue weighted by Crippen LogP contribution is 2.34. The van der Waals surface area contributed by atoms with Crippen LogP contribution >= 0.6 is 0 Å². The molecular weight excluding hydrogens is 294 g/mol. The van der Waals surface area contributed by atoms with E-state index >= 15 is 0 Å². The van der Waals surface area contributed by atoms with Crippen molar-refractivity contribution in [1.29, 1.82) is 0 Å². The standard InChI is InChI=1S/C17H23N3O3/c1-20(16(22)23-12-13-5-3-2-4-6-13)14-7-9-17(10-8-14)11-15(21)18-19-17/h2-6,14,19H,7-12H2,1H3,(H,18,21). The van der Waals surface area contributed by atoms with Crippen LogP contribution in [0.5, 0.6) is 0 Å². The van der Waals surface area contributed by atoms with Crippen LogP contribution in [-0.4, -0.2) is 35.5 Å². The van der Waals surface area contributed by atoms with Crippen LogP contribution in [0.25, 0.3) is 0 Å². The van der Waals surface area contributed by atoms with Gasteiger partial charge in [-0.25, -0.2) is 10.2 Å². The van der Waals surface area contributed by atoms with Gasteiger partial charge in [0.15, 0.2) is 0 Å². The molecule has 1 aromatic rings. The maximum Gasteiger partial charge on any atom is 0.410 e. The largest absolute Gasteiger partial charge is 0.445 e. The van der Waals surface area contributed by atoms with Gasteiger partial charge in [0, 0.05) is 25.0 Å². The van der Waals surface area contributed by atoms with Gasteiger partial charge in [-0.2, -0.15) is 0 Å². The van der Waals surface area contributed by atoms with Gasteiger partial charge in [0.05, 0.1) is 0 Å². The van der Waals surface area contributed by atoms with E-state index in [-0.39, 0.29) is 23.6 Å². The number of hydrogen-bond donors (Lipinski definition) is 2. The van der Waals surface area contributed by atoms with Gasteiger partial charge in [-0.15, -0.1) is 0 Å². The lowest BCUT2D eigenvalue weighted by molar-refractivity contribution is -0.119. The fourth-order valence-electron chi connectivity index (χ4n) is 3.41. The first-order chi connectivity index (χ1) is 11.1. The number of rotatable bonds is 3. The van der Waals surface area contributed by atoms with E-state index in [0.29, 0.717) is 13.0 Å². The summed E-state index contributed by atoms with van der Waals surface area (Å²) in [6.07, 6.45) is 3.75. The van der Waals surface area contributed by atoms with E-state index in [4.69, 9.17) is 4.74 Å². The number of nitrogens with zero attached hydrogens (tertiary/aromatic N) is 1. The molecule has 1 aliphatic carbocycles. The molecule has 1 aliphatic heterocycles. The number of ether oxygens (including phenoxy) is 1. The van der Waals surface area contributed by atoms with Gasteiger partial charge in [0.25, 0.3) is 0 Å². The summed E-state index contributed by atoms with van der Waals surface area (Å²) in [6.45, 7) is 0.292. The second kappa shape index (κ2) is 6.58. The Morgan fingerprint density at radius 3 is 2.61 bits per heavy atom. The lowest BCUT2D eigenvalue weighted by Gasteiger charge is -2.39. The van der Waals surface area contributed by atoms with Gasteiger partial charge in [-0.05, 0) is 31.2 Å². The molecule has 2 N–H and O–H groups in total. The second-order valence-corrected chi connectivity index (χ2v) is 6.51. The van der Waals surface area contributed by atoms with E-state index < -0.39 is 0 Å². The molecule has 1 heterocycles. The van der Waals surface area contributed by atoms with Crippen molar-refractivity contribution in [2.24, 2.45) is 0 Å². The number of carbonyl (C=O) groups is 2. The molecule has 0 radical (unpaired) electrons. The van der Waals surface area contributed by atoms with E-state index in [1.54, 1.807) is 11.9 Å². The maximum absolute atomic E-state index is 12.2. The zero-order chi connectivity index (χ0) is 16.3. The number of hydrazine groups is 1. The Morgan fingerprint density at radius 2 is 2.00 bits per heavy atom. The summed E-state index contributed by atoms with van der Waals surface area (Å²) in [5.41, 5.74) is 6.67. The van der Waals surface area contributed by atoms with E-state index in [1.165, 1.54) is 0 Å². The average Bonchev–Trinajstić information content (AvgIpc) is 2.94. The summed E-state index contributed by atoms with van der Waals surface area (Å²) < 4.78 is 5.38. The Bertz CT molecular complexity index is 568. The summed E-state index contributed by atoms with van der Waals surface area (Å²) in [5, 5.41) is 0. The highest BCUT2D eigenvalue weighted by molar-refractivity contribution is 5.79. The fraction of sp³-hybridized carbons (Fsp3) is 0.529. The molecule has 1 aromatic carbocycles. The molecule has 0 bridgehead atoms. The zero-order valence-corrected chi connectivity index (χ0v) is 13.4. The third kappa shape index (κ3) is 3.64. The predicted octanol–water partition coefficient (Wildman–Crippen LogP) is 1.96. The number of carbonyl (C=O) groups excluding carboxylic acids is 2. The van der Waals surface area contributed by atoms with Gasteiger partial charge in [0.1, 0.15) is 6.61 Å². The minimum Gasteiger partial charge on any atom is -0.445 e. The topological polar surface area (TPSA) is 70.7 Å². The minimum absolute atomic E-state index is 0.0547. The zero-order valence-electron chi connectivity index (χ0n) is 13.4. The van der Waals surface area contributed by atoms with Crippen LogP contribution in [0.15, 0.2) is 30.3 Å². The number of benzene rings is 1. The van der Waals surface area contributed by atoms with Crippen LogP contribution in [0.1, 0.15) is 37.7 Å². The van der Waals surface area contributed by atoms with Gasteiger partial charge >= 0.3 is 6.09 Å². The van der Waals surface area contributed by atoms with Crippen LogP contribution < -0.4 is 10.9 Å². The Morgan fingerprint density at radius 1 is 1.30 bits per heavy atom. The van der Waals surface area contributed by atoms with Crippen LogP contribution in [0.4, 0.5) is 4.79 Å². The van der Waals surface area contributed by atoms with Crippen molar-refractivity contribution >= 4 is 12.0 Å². The molecule has 1 spiro atoms. The minimum atomic E-state index is -0.289. The molecule has 2 amide bonds. The third-order valence-corrected chi connectivity index (χ3v) is 4.92. The molecule has 0 atom stereocenters. The van der Waals surface area contributed by atoms with Crippen molar-refractivity contribution < 1.29 is 14.3 Å². The first-order valence-electron chi connectivity index (χ1n) is 8.08. The van der Waals surface area contributed by atoms with Gasteiger partial charge in [0.2, 0.25) is 5.91 Å². The Balaban J connectivity index is 1.48. The monoisotopic (exact) mass is 317 g/mol. The summed E-state index contributed by atoms with van der Waals surface area (Å²) in [4.78, 5) is 25.3. The second-order valence-electron chi connectivity index (χ2n) is 6.51. The number of hydrogen-bond acceptors (Lipinski definition) is 4. The highest BCUT2D eigenvalue weighted by atomic mass is 16.6. The molecule has 6 nitrogen and oxygen atoms in total. The highest BCUT2D eigenvalue weighted by Gasteiger charge is 2.42. The van der Waals surface area contributed by atoms with Crippen molar-refractivity contribution in [1.82, 2.24) is 15.8 Å². The summed E-state index contributed by atoms with van der Waals surface area (Å²) >= 11 is 0. The predicted molar refractivity (Wildman–Crippen MR) is 85.3 cm³/mol. The van der Waals surface area contributed by atoms with E-state index in [1.807, 2.05) is 30.3 Å². The van der Waals surface area contributed by atoms with Crippen molar-refractivity contribution in [3.8, 4) is 0 Å². The molecule has 0 aromatic heterocycles. The van der Waals surface area contributed by atoms with Gasteiger partial charge < -0.3 is 9.64 Å². The van der Waals surface area contributed by atoms with E-state index in [2.05, 4.69) is 10.9 Å². The third-order valence-electron chi connectivity index (χ3n) is 4.92. The van der Waals surface area contributed by atoms with E-state index in [9.17, 15) is 9.59 Å². The molecular formula is C17H23N3O3. The first kappa shape index (κ1) is 15.8. The van der Waals surface area contributed by atoms with Crippen LogP contribution in [0, 0.1) is 0 Å². The number of nitrogens with one attached hydrogen (secondary N) is 2. The molecule has 2 fully saturated rings. The van der Waals surface area contributed by atoms with Gasteiger partial charge in [-0.1, -0.05) is 30.3 Å². The Hall–Kier alpha value is -2.08. The van der Waals surface area contributed by atoms with Crippen molar-refractivity contribution in [3.05, 3.63) is 35.9 Å². The van der Waals surface area contributed by atoms with Crippen molar-refractivity contribution in [3.63, 3.8) is 0 Å². The first-order valence-corrected chi connectivity index (χ1v) is 8.08. The molecule has 3 rings (SSSR count). The van der Waals surface area contributed by atoms with Crippen molar-refractivity contribution in [2.75, 3.05) is 7.05 Å². The Labute approximate surface area is 136 Å². The summed E-state index contributed by atoms with van der Waals surface area (Å²) in [5.74, 6) is 0.0547. The maximum atomic E-state index is 12.2. The van der Waals surface area contributed by atoms with Crippen molar-refractivity contribution in [2.45, 2.75) is 50.3 Å². The Kier molecular flexibility index (Phi) is 4.52. The molecule has 6 heteroatoms. The summed E-state index contributed by atoms with van der Waals surface area (Å²) in [7, 11) is 1.79. The molecule has 2 aliphatic rings. The fourth-order valence-corrected chi connectivity index (χ4v) is 3.41. The smallest absolute Gasteiger partial charge is 0.410 e. The molecule has 0 unspecified atom stereocenters. The van der Waals surface area contributed by atoms with E-state index in [0.717, 1.165) is 31.2 Å². The SMILES string of the molecule is CN(C(=O)OCc1ccccc1)C1CCC2(CC1)CC(=O)NN2. The normalized spacial score (nSPS) is 26.8. The number of amides is 2. The molecule has 23 heavy (non-hydrogen) atoms. The lowest BCUT2D eigenvalue weighted by atomic mass is 9.78. The quantitative estimate of drug-likeness (QED) is 0.894.